The molecule has 0 aliphatic carbocycles. The van der Waals surface area contributed by atoms with Gasteiger partial charge in [0, 0.05) is 6.21 Å². The Kier molecular flexibility index (Phi) is 6.90. The van der Waals surface area contributed by atoms with E-state index >= 15 is 0 Å². The SMILES string of the molecule is CCOc1ccc(N=Cc2cc(Cl)c(OCc3ccc(F)cc3)c(Cl)c2)cc1. The van der Waals surface area contributed by atoms with Crippen LogP contribution in [0.1, 0.15) is 18.1 Å². The normalized spacial score (nSPS) is 11.0. The molecular formula is C22H18Cl2FNO2. The summed E-state index contributed by atoms with van der Waals surface area (Å²) in [5.41, 5.74) is 2.35. The zero-order chi connectivity index (χ0) is 19.9. The van der Waals surface area contributed by atoms with Crippen molar-refractivity contribution in [2.24, 2.45) is 4.99 Å². The molecule has 0 saturated carbocycles. The first-order valence-electron chi connectivity index (χ1n) is 8.68. The summed E-state index contributed by atoms with van der Waals surface area (Å²) in [5, 5.41) is 0.755. The number of nitrogens with zero attached hydrogens (tertiary/aromatic N) is 1. The first-order chi connectivity index (χ1) is 13.5. The van der Waals surface area contributed by atoms with Crippen LogP contribution in [0, 0.1) is 5.82 Å². The van der Waals surface area contributed by atoms with Crippen molar-refractivity contribution in [2.75, 3.05) is 6.61 Å². The Morgan fingerprint density at radius 1 is 0.929 bits per heavy atom. The second-order valence-corrected chi connectivity index (χ2v) is 6.73. The van der Waals surface area contributed by atoms with Gasteiger partial charge in [0.05, 0.1) is 22.3 Å². The number of aliphatic imine (C=N–C) groups is 1. The molecule has 3 nitrogen and oxygen atoms in total. The second-order valence-electron chi connectivity index (χ2n) is 5.91. The van der Waals surface area contributed by atoms with Gasteiger partial charge in [-0.15, -0.1) is 0 Å². The molecule has 0 saturated heterocycles. The van der Waals surface area contributed by atoms with Crippen molar-refractivity contribution in [3.8, 4) is 11.5 Å². The summed E-state index contributed by atoms with van der Waals surface area (Å²) < 4.78 is 24.1. The Balaban J connectivity index is 1.69. The third-order valence-corrected chi connectivity index (χ3v) is 4.39. The van der Waals surface area contributed by atoms with E-state index in [1.165, 1.54) is 12.1 Å². The number of rotatable bonds is 7. The van der Waals surface area contributed by atoms with Crippen LogP contribution >= 0.6 is 23.2 Å². The Bertz CT molecular complexity index is 934. The maximum absolute atomic E-state index is 13.0. The van der Waals surface area contributed by atoms with Crippen molar-refractivity contribution >= 4 is 35.1 Å². The quantitative estimate of drug-likeness (QED) is 0.393. The van der Waals surface area contributed by atoms with Crippen molar-refractivity contribution in [2.45, 2.75) is 13.5 Å². The van der Waals surface area contributed by atoms with E-state index in [2.05, 4.69) is 4.99 Å². The Morgan fingerprint density at radius 3 is 2.18 bits per heavy atom. The topological polar surface area (TPSA) is 30.8 Å². The summed E-state index contributed by atoms with van der Waals surface area (Å²) >= 11 is 12.6. The lowest BCUT2D eigenvalue weighted by Crippen LogP contribution is -1.97. The molecular weight excluding hydrogens is 400 g/mol. The summed E-state index contributed by atoms with van der Waals surface area (Å²) in [6, 6.07) is 17.0. The fraction of sp³-hybridized carbons (Fsp3) is 0.136. The molecule has 0 aliphatic rings. The minimum atomic E-state index is -0.295. The number of hydrogen-bond acceptors (Lipinski definition) is 3. The fourth-order valence-electron chi connectivity index (χ4n) is 2.47. The molecule has 0 spiro atoms. The Labute approximate surface area is 173 Å². The molecule has 28 heavy (non-hydrogen) atoms. The molecule has 3 rings (SSSR count). The Morgan fingerprint density at radius 2 is 1.57 bits per heavy atom. The lowest BCUT2D eigenvalue weighted by Gasteiger charge is -2.11. The minimum absolute atomic E-state index is 0.235. The molecule has 0 radical (unpaired) electrons. The van der Waals surface area contributed by atoms with Crippen LogP contribution in [0.2, 0.25) is 10.0 Å². The highest BCUT2D eigenvalue weighted by molar-refractivity contribution is 6.37. The van der Waals surface area contributed by atoms with Crippen LogP contribution in [-0.4, -0.2) is 12.8 Å². The molecule has 0 aliphatic heterocycles. The van der Waals surface area contributed by atoms with Gasteiger partial charge in [-0.1, -0.05) is 35.3 Å². The average molecular weight is 418 g/mol. The summed E-state index contributed by atoms with van der Waals surface area (Å²) in [6.45, 7) is 2.79. The molecule has 0 heterocycles. The molecule has 6 heteroatoms. The maximum Gasteiger partial charge on any atom is 0.157 e. The summed E-state index contributed by atoms with van der Waals surface area (Å²) in [4.78, 5) is 4.42. The van der Waals surface area contributed by atoms with Crippen LogP contribution in [0.4, 0.5) is 10.1 Å². The van der Waals surface area contributed by atoms with Gasteiger partial charge in [0.2, 0.25) is 0 Å². The number of ether oxygens (including phenoxy) is 2. The van der Waals surface area contributed by atoms with E-state index in [1.54, 1.807) is 30.5 Å². The first kappa shape index (κ1) is 20.2. The molecule has 0 atom stereocenters. The van der Waals surface area contributed by atoms with Gasteiger partial charge in [-0.2, -0.15) is 0 Å². The zero-order valence-corrected chi connectivity index (χ0v) is 16.7. The lowest BCUT2D eigenvalue weighted by atomic mass is 10.2. The van der Waals surface area contributed by atoms with Gasteiger partial charge in [0.1, 0.15) is 18.2 Å². The molecule has 0 unspecified atom stereocenters. The van der Waals surface area contributed by atoms with E-state index in [9.17, 15) is 4.39 Å². The van der Waals surface area contributed by atoms with Gasteiger partial charge in [0.15, 0.2) is 5.75 Å². The van der Waals surface area contributed by atoms with Crippen LogP contribution in [0.15, 0.2) is 65.7 Å². The molecule has 0 N–H and O–H groups in total. The zero-order valence-electron chi connectivity index (χ0n) is 15.2. The van der Waals surface area contributed by atoms with Gasteiger partial charge >= 0.3 is 0 Å². The summed E-state index contributed by atoms with van der Waals surface area (Å²) in [7, 11) is 0. The van der Waals surface area contributed by atoms with E-state index in [0.29, 0.717) is 22.4 Å². The maximum atomic E-state index is 13.0. The van der Waals surface area contributed by atoms with Gasteiger partial charge < -0.3 is 9.47 Å². The third-order valence-electron chi connectivity index (χ3n) is 3.83. The molecule has 0 fully saturated rings. The first-order valence-corrected chi connectivity index (χ1v) is 9.44. The highest BCUT2D eigenvalue weighted by Crippen LogP contribution is 2.34. The summed E-state index contributed by atoms with van der Waals surface area (Å²) in [5.74, 6) is 0.886. The molecule has 0 aromatic heterocycles. The van der Waals surface area contributed by atoms with Crippen molar-refractivity contribution < 1.29 is 13.9 Å². The Hall–Kier alpha value is -2.56. The highest BCUT2D eigenvalue weighted by Gasteiger charge is 2.10. The van der Waals surface area contributed by atoms with E-state index in [1.807, 2.05) is 31.2 Å². The van der Waals surface area contributed by atoms with Crippen LogP contribution in [0.3, 0.4) is 0 Å². The van der Waals surface area contributed by atoms with Crippen LogP contribution < -0.4 is 9.47 Å². The predicted octanol–water partition coefficient (Wildman–Crippen LogP) is 6.86. The van der Waals surface area contributed by atoms with Crippen LogP contribution in [0.25, 0.3) is 0 Å². The number of hydrogen-bond donors (Lipinski definition) is 0. The molecule has 144 valence electrons. The van der Waals surface area contributed by atoms with Gasteiger partial charge in [-0.25, -0.2) is 4.39 Å². The smallest absolute Gasteiger partial charge is 0.157 e. The van der Waals surface area contributed by atoms with E-state index < -0.39 is 0 Å². The largest absolute Gasteiger partial charge is 0.494 e. The molecule has 3 aromatic carbocycles. The van der Waals surface area contributed by atoms with Crippen molar-refractivity contribution in [1.29, 1.82) is 0 Å². The monoisotopic (exact) mass is 417 g/mol. The molecule has 3 aromatic rings. The van der Waals surface area contributed by atoms with Gasteiger partial charge in [-0.05, 0) is 66.6 Å². The minimum Gasteiger partial charge on any atom is -0.494 e. The second kappa shape index (κ2) is 9.58. The van der Waals surface area contributed by atoms with Gasteiger partial charge in [0.25, 0.3) is 0 Å². The van der Waals surface area contributed by atoms with Gasteiger partial charge in [-0.3, -0.25) is 4.99 Å². The van der Waals surface area contributed by atoms with Crippen LogP contribution in [-0.2, 0) is 6.61 Å². The lowest BCUT2D eigenvalue weighted by molar-refractivity contribution is 0.306. The molecule has 0 bridgehead atoms. The predicted molar refractivity (Wildman–Crippen MR) is 112 cm³/mol. The molecule has 0 amide bonds. The standard InChI is InChI=1S/C22H18Cl2FNO2/c1-2-27-19-9-7-18(8-10-19)26-13-16-11-20(23)22(21(24)12-16)28-14-15-3-5-17(25)6-4-15/h3-13H,2,14H2,1H3. The van der Waals surface area contributed by atoms with Crippen molar-refractivity contribution in [3.63, 3.8) is 0 Å². The van der Waals surface area contributed by atoms with Crippen molar-refractivity contribution in [3.05, 3.63) is 87.7 Å². The number of benzene rings is 3. The number of halogens is 3. The van der Waals surface area contributed by atoms with Crippen molar-refractivity contribution in [1.82, 2.24) is 0 Å². The fourth-order valence-corrected chi connectivity index (χ4v) is 3.09. The van der Waals surface area contributed by atoms with E-state index in [-0.39, 0.29) is 12.4 Å². The third kappa shape index (κ3) is 5.47. The highest BCUT2D eigenvalue weighted by atomic mass is 35.5. The van der Waals surface area contributed by atoms with E-state index in [0.717, 1.165) is 22.6 Å². The van der Waals surface area contributed by atoms with Crippen LogP contribution in [0.5, 0.6) is 11.5 Å². The van der Waals surface area contributed by atoms with E-state index in [4.69, 9.17) is 32.7 Å². The average Bonchev–Trinajstić information content (AvgIpc) is 2.68. The summed E-state index contributed by atoms with van der Waals surface area (Å²) in [6.07, 6.45) is 1.68.